The lowest BCUT2D eigenvalue weighted by Gasteiger charge is -2.38. The molecule has 2 aliphatic rings. The maximum Gasteiger partial charge on any atom is 0.225 e. The minimum Gasteiger partial charge on any atom is -0.393 e. The fraction of sp³-hybridized carbons (Fsp3) is 0.778. The molecule has 1 aliphatic heterocycles. The first kappa shape index (κ1) is 16.7. The van der Waals surface area contributed by atoms with Gasteiger partial charge in [-0.15, -0.1) is 0 Å². The Morgan fingerprint density at radius 1 is 1.30 bits per heavy atom. The van der Waals surface area contributed by atoms with E-state index in [-0.39, 0.29) is 11.5 Å². The summed E-state index contributed by atoms with van der Waals surface area (Å²) < 4.78 is 0. The van der Waals surface area contributed by atoms with Crippen LogP contribution in [-0.2, 0) is 6.42 Å². The summed E-state index contributed by atoms with van der Waals surface area (Å²) >= 11 is 0. The Kier molecular flexibility index (Phi) is 4.61. The van der Waals surface area contributed by atoms with Crippen molar-refractivity contribution in [1.29, 1.82) is 0 Å². The molecule has 5 heteroatoms. The van der Waals surface area contributed by atoms with E-state index < -0.39 is 0 Å². The third-order valence-corrected chi connectivity index (χ3v) is 4.95. The summed E-state index contributed by atoms with van der Waals surface area (Å²) in [5.41, 5.74) is 2.71. The summed E-state index contributed by atoms with van der Waals surface area (Å²) in [6, 6.07) is 0.788. The molecule has 1 aromatic heterocycles. The topological polar surface area (TPSA) is 61.3 Å². The number of nitrogens with zero attached hydrogens (tertiary/aromatic N) is 3. The number of nitrogens with one attached hydrogen (secondary N) is 1. The number of hydrogen-bond acceptors (Lipinski definition) is 5. The van der Waals surface area contributed by atoms with Gasteiger partial charge < -0.3 is 15.3 Å². The molecule has 0 spiro atoms. The van der Waals surface area contributed by atoms with Gasteiger partial charge in [0.2, 0.25) is 5.95 Å². The highest BCUT2D eigenvalue weighted by Gasteiger charge is 2.34. The molecule has 23 heavy (non-hydrogen) atoms. The lowest BCUT2D eigenvalue weighted by molar-refractivity contribution is 0.145. The normalized spacial score (nSPS) is 24.8. The van der Waals surface area contributed by atoms with Gasteiger partial charge in [0.1, 0.15) is 0 Å². The number of aliphatic hydroxyl groups is 1. The predicted octanol–water partition coefficient (Wildman–Crippen LogP) is 2.45. The third kappa shape index (κ3) is 3.83. The molecule has 0 radical (unpaired) electrons. The van der Waals surface area contributed by atoms with Crippen molar-refractivity contribution in [3.05, 3.63) is 17.5 Å². The minimum atomic E-state index is -0.164. The average Bonchev–Trinajstić information content (AvgIpc) is 2.45. The molecule has 1 saturated heterocycles. The van der Waals surface area contributed by atoms with Crippen LogP contribution in [0.5, 0.6) is 0 Å². The average molecular weight is 318 g/mol. The summed E-state index contributed by atoms with van der Waals surface area (Å²) in [7, 11) is 0. The zero-order chi connectivity index (χ0) is 16.6. The molecule has 2 N–H and O–H groups in total. The van der Waals surface area contributed by atoms with Crippen LogP contribution in [0.15, 0.2) is 6.20 Å². The van der Waals surface area contributed by atoms with Crippen molar-refractivity contribution in [2.24, 2.45) is 5.41 Å². The Labute approximate surface area is 139 Å². The maximum atomic E-state index is 9.68. The highest BCUT2D eigenvalue weighted by Crippen LogP contribution is 2.40. The molecule has 0 saturated carbocycles. The van der Waals surface area contributed by atoms with Crippen LogP contribution < -0.4 is 10.2 Å². The molecule has 1 aliphatic carbocycles. The van der Waals surface area contributed by atoms with E-state index in [4.69, 9.17) is 4.98 Å². The van der Waals surface area contributed by atoms with Gasteiger partial charge in [-0.1, -0.05) is 27.7 Å². The molecular formula is C18H30N4O. The van der Waals surface area contributed by atoms with Crippen molar-refractivity contribution < 1.29 is 5.11 Å². The van der Waals surface area contributed by atoms with Gasteiger partial charge in [-0.2, -0.15) is 0 Å². The summed E-state index contributed by atoms with van der Waals surface area (Å²) in [5, 5.41) is 13.3. The molecule has 0 bridgehead atoms. The van der Waals surface area contributed by atoms with Gasteiger partial charge in [0.25, 0.3) is 0 Å². The third-order valence-electron chi connectivity index (χ3n) is 4.95. The number of rotatable bonds is 3. The van der Waals surface area contributed by atoms with Crippen LogP contribution in [0.2, 0.25) is 0 Å². The highest BCUT2D eigenvalue weighted by atomic mass is 16.3. The second-order valence-electron chi connectivity index (χ2n) is 8.21. The summed E-state index contributed by atoms with van der Waals surface area (Å²) in [6.07, 6.45) is 5.61. The van der Waals surface area contributed by atoms with E-state index in [1.807, 2.05) is 6.20 Å². The van der Waals surface area contributed by atoms with Gasteiger partial charge in [0.15, 0.2) is 0 Å². The second kappa shape index (κ2) is 6.36. The van der Waals surface area contributed by atoms with Crippen molar-refractivity contribution in [2.75, 3.05) is 18.0 Å². The first-order valence-corrected chi connectivity index (χ1v) is 8.89. The van der Waals surface area contributed by atoms with E-state index in [1.165, 1.54) is 11.3 Å². The SMILES string of the molecule is CC(C)N[C@@H]1CC(C)(C)Cc2nc(N3CCC(O)CC3)ncc21. The van der Waals surface area contributed by atoms with Crippen LogP contribution in [0.1, 0.15) is 64.3 Å². The Morgan fingerprint density at radius 2 is 2.00 bits per heavy atom. The van der Waals surface area contributed by atoms with E-state index in [9.17, 15) is 5.11 Å². The molecule has 1 fully saturated rings. The molecule has 2 heterocycles. The molecule has 128 valence electrons. The van der Waals surface area contributed by atoms with Crippen LogP contribution in [0.4, 0.5) is 5.95 Å². The molecule has 0 aromatic carbocycles. The molecular weight excluding hydrogens is 288 g/mol. The highest BCUT2D eigenvalue weighted by molar-refractivity contribution is 5.37. The van der Waals surface area contributed by atoms with Crippen LogP contribution in [-0.4, -0.2) is 40.3 Å². The van der Waals surface area contributed by atoms with Gasteiger partial charge in [-0.25, -0.2) is 9.97 Å². The van der Waals surface area contributed by atoms with Crippen LogP contribution in [0.25, 0.3) is 0 Å². The van der Waals surface area contributed by atoms with Gasteiger partial charge in [0, 0.05) is 36.9 Å². The monoisotopic (exact) mass is 318 g/mol. The Hall–Kier alpha value is -1.20. The van der Waals surface area contributed by atoms with E-state index in [0.29, 0.717) is 12.1 Å². The number of hydrogen-bond donors (Lipinski definition) is 2. The molecule has 1 atom stereocenters. The van der Waals surface area contributed by atoms with Gasteiger partial charge >= 0.3 is 0 Å². The van der Waals surface area contributed by atoms with Crippen LogP contribution in [0, 0.1) is 5.41 Å². The molecule has 0 amide bonds. The van der Waals surface area contributed by atoms with E-state index >= 15 is 0 Å². The fourth-order valence-corrected chi connectivity index (χ4v) is 3.81. The number of aliphatic hydroxyl groups excluding tert-OH is 1. The van der Waals surface area contributed by atoms with Crippen molar-refractivity contribution >= 4 is 5.95 Å². The standard InChI is InChI=1S/C18H30N4O/c1-12(2)20-15-9-18(3,4)10-16-14(15)11-19-17(21-16)22-7-5-13(23)6-8-22/h11-13,15,20,23H,5-10H2,1-4H3/t15-/m1/s1. The lowest BCUT2D eigenvalue weighted by Crippen LogP contribution is -2.39. The maximum absolute atomic E-state index is 9.68. The predicted molar refractivity (Wildman–Crippen MR) is 92.6 cm³/mol. The number of piperidine rings is 1. The number of anilines is 1. The van der Waals surface area contributed by atoms with Gasteiger partial charge in [0.05, 0.1) is 11.8 Å². The second-order valence-corrected chi connectivity index (χ2v) is 8.21. The minimum absolute atomic E-state index is 0.164. The molecule has 1 aromatic rings. The van der Waals surface area contributed by atoms with Gasteiger partial charge in [-0.05, 0) is 31.1 Å². The summed E-state index contributed by atoms with van der Waals surface area (Å²) in [4.78, 5) is 11.8. The number of aromatic nitrogens is 2. The zero-order valence-electron chi connectivity index (χ0n) is 14.8. The Morgan fingerprint density at radius 3 is 2.65 bits per heavy atom. The van der Waals surface area contributed by atoms with Gasteiger partial charge in [-0.3, -0.25) is 0 Å². The van der Waals surface area contributed by atoms with E-state index in [1.54, 1.807) is 0 Å². The molecule has 3 rings (SSSR count). The molecule has 0 unspecified atom stereocenters. The van der Waals surface area contributed by atoms with Crippen molar-refractivity contribution in [3.8, 4) is 0 Å². The first-order chi connectivity index (χ1) is 10.8. The smallest absolute Gasteiger partial charge is 0.225 e. The molecule has 5 nitrogen and oxygen atoms in total. The van der Waals surface area contributed by atoms with Crippen molar-refractivity contribution in [3.63, 3.8) is 0 Å². The lowest BCUT2D eigenvalue weighted by atomic mass is 9.74. The largest absolute Gasteiger partial charge is 0.393 e. The zero-order valence-corrected chi connectivity index (χ0v) is 14.8. The van der Waals surface area contributed by atoms with E-state index in [2.05, 4.69) is 42.9 Å². The summed E-state index contributed by atoms with van der Waals surface area (Å²) in [6.45, 7) is 10.7. The first-order valence-electron chi connectivity index (χ1n) is 8.89. The van der Waals surface area contributed by atoms with E-state index in [0.717, 1.165) is 44.7 Å². The Balaban J connectivity index is 1.86. The number of fused-ring (bicyclic) bond motifs is 1. The fourth-order valence-electron chi connectivity index (χ4n) is 3.81. The quantitative estimate of drug-likeness (QED) is 0.896. The van der Waals surface area contributed by atoms with Crippen LogP contribution in [0.3, 0.4) is 0 Å². The summed E-state index contributed by atoms with van der Waals surface area (Å²) in [5.74, 6) is 0.830. The van der Waals surface area contributed by atoms with Crippen LogP contribution >= 0.6 is 0 Å². The Bertz CT molecular complexity index is 550. The van der Waals surface area contributed by atoms with Crippen molar-refractivity contribution in [2.45, 2.75) is 71.6 Å². The van der Waals surface area contributed by atoms with Crippen molar-refractivity contribution in [1.82, 2.24) is 15.3 Å².